The Balaban J connectivity index is 3.15. The third kappa shape index (κ3) is 3.02. The lowest BCUT2D eigenvalue weighted by atomic mass is 10.1. The molecule has 1 N–H and O–H groups in total. The summed E-state index contributed by atoms with van der Waals surface area (Å²) in [6.45, 7) is 0. The van der Waals surface area contributed by atoms with Gasteiger partial charge < -0.3 is 9.84 Å². The third-order valence-electron chi connectivity index (χ3n) is 1.89. The highest BCUT2D eigenvalue weighted by Crippen LogP contribution is 2.19. The molecule has 1 aromatic carbocycles. The standard InChI is InChI=1S/C11H12O3S/c1-14-9-5-4-8(3-2-6-15)10(7-9)11(12)13/h2-5,7,15H,6H2,1H3,(H,12,13). The smallest absolute Gasteiger partial charge is 0.336 e. The Morgan fingerprint density at radius 1 is 1.60 bits per heavy atom. The first kappa shape index (κ1) is 11.7. The Morgan fingerprint density at radius 3 is 2.87 bits per heavy atom. The van der Waals surface area contributed by atoms with Gasteiger partial charge in [0.05, 0.1) is 12.7 Å². The van der Waals surface area contributed by atoms with Gasteiger partial charge in [-0.05, 0) is 17.7 Å². The topological polar surface area (TPSA) is 46.5 Å². The van der Waals surface area contributed by atoms with E-state index in [9.17, 15) is 4.79 Å². The normalized spacial score (nSPS) is 10.5. The monoisotopic (exact) mass is 224 g/mol. The van der Waals surface area contributed by atoms with Gasteiger partial charge in [-0.3, -0.25) is 0 Å². The minimum Gasteiger partial charge on any atom is -0.497 e. The largest absolute Gasteiger partial charge is 0.497 e. The highest BCUT2D eigenvalue weighted by Gasteiger charge is 2.08. The first-order chi connectivity index (χ1) is 7.19. The van der Waals surface area contributed by atoms with E-state index >= 15 is 0 Å². The van der Waals surface area contributed by atoms with Crippen LogP contribution in [-0.4, -0.2) is 23.9 Å². The Morgan fingerprint density at radius 2 is 2.33 bits per heavy atom. The first-order valence-corrected chi connectivity index (χ1v) is 5.01. The van der Waals surface area contributed by atoms with E-state index in [4.69, 9.17) is 9.84 Å². The molecule has 0 aliphatic heterocycles. The summed E-state index contributed by atoms with van der Waals surface area (Å²) in [6.07, 6.45) is 3.52. The van der Waals surface area contributed by atoms with E-state index in [-0.39, 0.29) is 5.56 Å². The number of carbonyl (C=O) groups is 1. The van der Waals surface area contributed by atoms with Gasteiger partial charge in [-0.1, -0.05) is 18.2 Å². The zero-order valence-electron chi connectivity index (χ0n) is 8.30. The summed E-state index contributed by atoms with van der Waals surface area (Å²) in [4.78, 5) is 10.9. The van der Waals surface area contributed by atoms with Crippen LogP contribution in [0.3, 0.4) is 0 Å². The third-order valence-corrected chi connectivity index (χ3v) is 2.10. The number of rotatable bonds is 4. The van der Waals surface area contributed by atoms with Gasteiger partial charge in [0.15, 0.2) is 0 Å². The number of thiol groups is 1. The van der Waals surface area contributed by atoms with Crippen molar-refractivity contribution in [2.45, 2.75) is 0 Å². The van der Waals surface area contributed by atoms with Crippen LogP contribution < -0.4 is 4.74 Å². The van der Waals surface area contributed by atoms with Gasteiger partial charge in [0.2, 0.25) is 0 Å². The molecule has 80 valence electrons. The van der Waals surface area contributed by atoms with Crippen LogP contribution in [0.15, 0.2) is 24.3 Å². The van der Waals surface area contributed by atoms with Crippen molar-refractivity contribution < 1.29 is 14.6 Å². The Hall–Kier alpha value is -1.42. The second kappa shape index (κ2) is 5.46. The maximum atomic E-state index is 10.9. The van der Waals surface area contributed by atoms with Crippen LogP contribution in [0.5, 0.6) is 5.75 Å². The van der Waals surface area contributed by atoms with Crippen LogP contribution in [0.1, 0.15) is 15.9 Å². The second-order valence-electron chi connectivity index (χ2n) is 2.84. The highest BCUT2D eigenvalue weighted by molar-refractivity contribution is 7.80. The number of ether oxygens (including phenoxy) is 1. The average molecular weight is 224 g/mol. The van der Waals surface area contributed by atoms with Gasteiger partial charge in [0.1, 0.15) is 5.75 Å². The lowest BCUT2D eigenvalue weighted by Gasteiger charge is -2.04. The van der Waals surface area contributed by atoms with Crippen LogP contribution in [0.4, 0.5) is 0 Å². The van der Waals surface area contributed by atoms with Gasteiger partial charge >= 0.3 is 5.97 Å². The van der Waals surface area contributed by atoms with Gasteiger partial charge in [-0.25, -0.2) is 4.79 Å². The minimum atomic E-state index is -0.965. The van der Waals surface area contributed by atoms with E-state index in [1.54, 1.807) is 24.3 Å². The Bertz CT molecular complexity index is 385. The number of benzene rings is 1. The van der Waals surface area contributed by atoms with Crippen molar-refractivity contribution in [1.29, 1.82) is 0 Å². The minimum absolute atomic E-state index is 0.229. The molecule has 0 aromatic heterocycles. The van der Waals surface area contributed by atoms with Gasteiger partial charge in [-0.2, -0.15) is 12.6 Å². The number of hydrogen-bond donors (Lipinski definition) is 2. The molecular formula is C11H12O3S. The van der Waals surface area contributed by atoms with Gasteiger partial charge in [0.25, 0.3) is 0 Å². The molecule has 0 atom stereocenters. The zero-order chi connectivity index (χ0) is 11.3. The SMILES string of the molecule is COc1ccc(C=CCS)c(C(=O)O)c1. The summed E-state index contributed by atoms with van der Waals surface area (Å²) in [5.41, 5.74) is 0.879. The maximum absolute atomic E-state index is 10.9. The molecule has 1 aromatic rings. The fourth-order valence-corrected chi connectivity index (χ4v) is 1.28. The summed E-state index contributed by atoms with van der Waals surface area (Å²) in [6, 6.07) is 4.94. The molecule has 0 bridgehead atoms. The van der Waals surface area contributed by atoms with E-state index in [1.165, 1.54) is 13.2 Å². The molecule has 0 aliphatic carbocycles. The molecule has 15 heavy (non-hydrogen) atoms. The van der Waals surface area contributed by atoms with E-state index in [0.29, 0.717) is 17.1 Å². The lowest BCUT2D eigenvalue weighted by Crippen LogP contribution is -2.00. The van der Waals surface area contributed by atoms with E-state index in [2.05, 4.69) is 12.6 Å². The molecule has 0 aliphatic rings. The zero-order valence-corrected chi connectivity index (χ0v) is 9.20. The maximum Gasteiger partial charge on any atom is 0.336 e. The van der Waals surface area contributed by atoms with Crippen LogP contribution in [0, 0.1) is 0 Å². The summed E-state index contributed by atoms with van der Waals surface area (Å²) in [5, 5.41) is 8.98. The highest BCUT2D eigenvalue weighted by atomic mass is 32.1. The second-order valence-corrected chi connectivity index (χ2v) is 3.21. The number of aromatic carboxylic acids is 1. The Labute approximate surface area is 93.8 Å². The molecule has 0 heterocycles. The van der Waals surface area contributed by atoms with Crippen molar-refractivity contribution in [2.75, 3.05) is 12.9 Å². The predicted octanol–water partition coefficient (Wildman–Crippen LogP) is 2.34. The van der Waals surface area contributed by atoms with Crippen molar-refractivity contribution in [3.8, 4) is 5.75 Å². The van der Waals surface area contributed by atoms with Crippen LogP contribution in [0.2, 0.25) is 0 Å². The van der Waals surface area contributed by atoms with E-state index in [1.807, 2.05) is 0 Å². The van der Waals surface area contributed by atoms with Crippen molar-refractivity contribution >= 4 is 24.7 Å². The molecule has 3 nitrogen and oxygen atoms in total. The molecule has 0 saturated carbocycles. The summed E-state index contributed by atoms with van der Waals surface area (Å²) in [5.74, 6) is 0.147. The molecule has 0 radical (unpaired) electrons. The fraction of sp³-hybridized carbons (Fsp3) is 0.182. The van der Waals surface area contributed by atoms with Crippen molar-refractivity contribution in [2.24, 2.45) is 0 Å². The first-order valence-electron chi connectivity index (χ1n) is 4.37. The summed E-state index contributed by atoms with van der Waals surface area (Å²) >= 11 is 4.02. The number of carboxylic acid groups (broad SMARTS) is 1. The molecular weight excluding hydrogens is 212 g/mol. The van der Waals surface area contributed by atoms with Crippen LogP contribution in [0.25, 0.3) is 6.08 Å². The quantitative estimate of drug-likeness (QED) is 0.772. The van der Waals surface area contributed by atoms with Crippen molar-refractivity contribution in [1.82, 2.24) is 0 Å². The van der Waals surface area contributed by atoms with Gasteiger partial charge in [0, 0.05) is 5.75 Å². The van der Waals surface area contributed by atoms with Crippen molar-refractivity contribution in [3.63, 3.8) is 0 Å². The van der Waals surface area contributed by atoms with Crippen LogP contribution in [-0.2, 0) is 0 Å². The van der Waals surface area contributed by atoms with Crippen LogP contribution >= 0.6 is 12.6 Å². The summed E-state index contributed by atoms with van der Waals surface area (Å²) in [7, 11) is 1.50. The number of methoxy groups -OCH3 is 1. The van der Waals surface area contributed by atoms with Crippen molar-refractivity contribution in [3.05, 3.63) is 35.4 Å². The number of hydrogen-bond acceptors (Lipinski definition) is 3. The molecule has 0 amide bonds. The fourth-order valence-electron chi connectivity index (χ4n) is 1.17. The van der Waals surface area contributed by atoms with E-state index in [0.717, 1.165) is 0 Å². The summed E-state index contributed by atoms with van der Waals surface area (Å²) < 4.78 is 4.96. The lowest BCUT2D eigenvalue weighted by molar-refractivity contribution is 0.0696. The predicted molar refractivity (Wildman–Crippen MR) is 62.8 cm³/mol. The van der Waals surface area contributed by atoms with E-state index < -0.39 is 5.97 Å². The average Bonchev–Trinajstić information content (AvgIpc) is 2.26. The molecule has 0 saturated heterocycles. The molecule has 4 heteroatoms. The van der Waals surface area contributed by atoms with Gasteiger partial charge in [-0.15, -0.1) is 0 Å². The molecule has 0 fully saturated rings. The number of carboxylic acids is 1. The molecule has 0 unspecified atom stereocenters. The molecule has 1 rings (SSSR count). The Kier molecular flexibility index (Phi) is 4.24. The molecule has 0 spiro atoms.